The molecule has 3 heterocycles. The molecule has 126 valence electrons. The largest absolute Gasteiger partial charge is 0.476 e. The zero-order valence-corrected chi connectivity index (χ0v) is 11.9. The fourth-order valence-electron chi connectivity index (χ4n) is 2.25. The first kappa shape index (κ1) is 15.8. The van der Waals surface area contributed by atoms with E-state index >= 15 is 0 Å². The van der Waals surface area contributed by atoms with Crippen LogP contribution in [0.2, 0.25) is 0 Å². The van der Waals surface area contributed by atoms with Gasteiger partial charge < -0.3 is 14.6 Å². The molecule has 0 bridgehead atoms. The minimum Gasteiger partial charge on any atom is -0.476 e. The summed E-state index contributed by atoms with van der Waals surface area (Å²) in [4.78, 5) is 31.5. The highest BCUT2D eigenvalue weighted by Crippen LogP contribution is 2.29. The number of fused-ring (bicyclic) bond motifs is 1. The van der Waals surface area contributed by atoms with E-state index in [1.54, 1.807) is 0 Å². The first-order chi connectivity index (χ1) is 11.3. The number of nitrogens with zero attached hydrogens (tertiary/aromatic N) is 6. The molecule has 0 aromatic carbocycles. The van der Waals surface area contributed by atoms with Crippen molar-refractivity contribution in [2.75, 3.05) is 6.54 Å². The van der Waals surface area contributed by atoms with Crippen LogP contribution in [0.5, 0.6) is 0 Å². The predicted octanol–water partition coefficient (Wildman–Crippen LogP) is 0.441. The summed E-state index contributed by atoms with van der Waals surface area (Å²) in [6, 6.07) is 0. The van der Waals surface area contributed by atoms with Crippen molar-refractivity contribution in [3.63, 3.8) is 0 Å². The Labute approximate surface area is 131 Å². The number of carboxylic acids is 1. The maximum absolute atomic E-state index is 12.8. The van der Waals surface area contributed by atoms with Crippen LogP contribution in [0.15, 0.2) is 12.4 Å². The Balaban J connectivity index is 1.79. The van der Waals surface area contributed by atoms with Gasteiger partial charge in [-0.1, -0.05) is 0 Å². The predicted molar refractivity (Wildman–Crippen MR) is 68.8 cm³/mol. The molecule has 1 aliphatic rings. The molecule has 1 amide bonds. The standard InChI is InChI=1S/C12H9F3N6O3/c13-12(14,15)11-19-18-8-5-20(1-2-21(8)11)9(22)6-3-17-7(4-16-6)10(23)24/h3-4H,1-2,5H2,(H,23,24). The third kappa shape index (κ3) is 2.77. The highest BCUT2D eigenvalue weighted by Gasteiger charge is 2.40. The number of alkyl halides is 3. The van der Waals surface area contributed by atoms with Gasteiger partial charge in [-0.2, -0.15) is 13.2 Å². The molecule has 24 heavy (non-hydrogen) atoms. The van der Waals surface area contributed by atoms with Gasteiger partial charge in [-0.3, -0.25) is 4.79 Å². The van der Waals surface area contributed by atoms with Crippen molar-refractivity contribution >= 4 is 11.9 Å². The van der Waals surface area contributed by atoms with Gasteiger partial charge in [-0.05, 0) is 0 Å². The Hall–Kier alpha value is -3.05. The summed E-state index contributed by atoms with van der Waals surface area (Å²) in [6.07, 6.45) is -2.67. The number of aromatic nitrogens is 5. The van der Waals surface area contributed by atoms with Crippen LogP contribution in [0.4, 0.5) is 13.2 Å². The number of hydrogen-bond acceptors (Lipinski definition) is 6. The van der Waals surface area contributed by atoms with E-state index in [2.05, 4.69) is 20.2 Å². The Bertz CT molecular complexity index is 801. The molecule has 0 saturated heterocycles. The summed E-state index contributed by atoms with van der Waals surface area (Å²) in [5.41, 5.74) is -0.427. The van der Waals surface area contributed by atoms with E-state index in [4.69, 9.17) is 5.11 Å². The molecule has 0 fully saturated rings. The smallest absolute Gasteiger partial charge is 0.451 e. The molecular formula is C12H9F3N6O3. The average Bonchev–Trinajstić information content (AvgIpc) is 2.97. The van der Waals surface area contributed by atoms with Crippen LogP contribution in [0, 0.1) is 0 Å². The average molecular weight is 342 g/mol. The third-order valence-electron chi connectivity index (χ3n) is 3.38. The van der Waals surface area contributed by atoms with Gasteiger partial charge in [0.15, 0.2) is 11.5 Å². The number of halogens is 3. The maximum atomic E-state index is 12.8. The lowest BCUT2D eigenvalue weighted by Gasteiger charge is -2.27. The lowest BCUT2D eigenvalue weighted by atomic mass is 10.3. The monoisotopic (exact) mass is 342 g/mol. The molecule has 0 saturated carbocycles. The molecule has 0 spiro atoms. The van der Waals surface area contributed by atoms with Crippen LogP contribution in [-0.2, 0) is 19.3 Å². The fourth-order valence-corrected chi connectivity index (χ4v) is 2.25. The Morgan fingerprint density at radius 3 is 2.33 bits per heavy atom. The zero-order chi connectivity index (χ0) is 17.5. The van der Waals surface area contributed by atoms with Gasteiger partial charge in [-0.15, -0.1) is 10.2 Å². The van der Waals surface area contributed by atoms with Gasteiger partial charge in [-0.25, -0.2) is 14.8 Å². The second kappa shape index (κ2) is 5.54. The van der Waals surface area contributed by atoms with Crippen LogP contribution in [0.1, 0.15) is 32.6 Å². The number of carbonyl (C=O) groups excluding carboxylic acids is 1. The van der Waals surface area contributed by atoms with Gasteiger partial charge in [0, 0.05) is 13.1 Å². The number of carboxylic acid groups (broad SMARTS) is 1. The number of amides is 1. The molecular weight excluding hydrogens is 333 g/mol. The van der Waals surface area contributed by atoms with Gasteiger partial charge in [0.25, 0.3) is 5.91 Å². The van der Waals surface area contributed by atoms with E-state index in [-0.39, 0.29) is 36.8 Å². The molecule has 1 N–H and O–H groups in total. The number of rotatable bonds is 2. The van der Waals surface area contributed by atoms with Crippen molar-refractivity contribution in [1.82, 2.24) is 29.6 Å². The first-order valence-electron chi connectivity index (χ1n) is 6.61. The van der Waals surface area contributed by atoms with Crippen LogP contribution in [-0.4, -0.2) is 53.2 Å². The van der Waals surface area contributed by atoms with Crippen molar-refractivity contribution in [3.05, 3.63) is 35.4 Å². The summed E-state index contributed by atoms with van der Waals surface area (Å²) in [7, 11) is 0. The van der Waals surface area contributed by atoms with E-state index in [0.717, 1.165) is 17.0 Å². The van der Waals surface area contributed by atoms with Gasteiger partial charge in [0.2, 0.25) is 5.82 Å². The highest BCUT2D eigenvalue weighted by molar-refractivity contribution is 5.92. The van der Waals surface area contributed by atoms with E-state index in [0.29, 0.717) is 0 Å². The SMILES string of the molecule is O=C(O)c1cnc(C(=O)N2CCn3c(nnc3C(F)(F)F)C2)cn1. The topological polar surface area (TPSA) is 114 Å². The van der Waals surface area contributed by atoms with Crippen molar-refractivity contribution in [1.29, 1.82) is 0 Å². The third-order valence-corrected chi connectivity index (χ3v) is 3.38. The molecule has 9 nitrogen and oxygen atoms in total. The Morgan fingerprint density at radius 1 is 1.08 bits per heavy atom. The zero-order valence-electron chi connectivity index (χ0n) is 11.9. The van der Waals surface area contributed by atoms with Crippen molar-refractivity contribution < 1.29 is 27.9 Å². The second-order valence-corrected chi connectivity index (χ2v) is 4.91. The van der Waals surface area contributed by atoms with Gasteiger partial charge >= 0.3 is 12.1 Å². The first-order valence-corrected chi connectivity index (χ1v) is 6.61. The van der Waals surface area contributed by atoms with Crippen molar-refractivity contribution in [3.8, 4) is 0 Å². The Morgan fingerprint density at radius 2 is 1.75 bits per heavy atom. The van der Waals surface area contributed by atoms with E-state index < -0.39 is 23.9 Å². The summed E-state index contributed by atoms with van der Waals surface area (Å²) < 4.78 is 39.2. The molecule has 0 atom stereocenters. The minimum absolute atomic E-state index is 0.00924. The molecule has 3 rings (SSSR count). The summed E-state index contributed by atoms with van der Waals surface area (Å²) in [6.45, 7) is -0.261. The maximum Gasteiger partial charge on any atom is 0.451 e. The molecule has 1 aliphatic heterocycles. The van der Waals surface area contributed by atoms with Crippen LogP contribution in [0.25, 0.3) is 0 Å². The highest BCUT2D eigenvalue weighted by atomic mass is 19.4. The van der Waals surface area contributed by atoms with Crippen LogP contribution in [0.3, 0.4) is 0 Å². The lowest BCUT2D eigenvalue weighted by Crippen LogP contribution is -2.39. The minimum atomic E-state index is -4.62. The van der Waals surface area contributed by atoms with Crippen LogP contribution >= 0.6 is 0 Å². The molecule has 0 unspecified atom stereocenters. The quantitative estimate of drug-likeness (QED) is 0.842. The molecule has 0 aliphatic carbocycles. The summed E-state index contributed by atoms with van der Waals surface area (Å²) >= 11 is 0. The summed E-state index contributed by atoms with van der Waals surface area (Å²) in [5, 5.41) is 15.3. The van der Waals surface area contributed by atoms with Crippen molar-refractivity contribution in [2.45, 2.75) is 19.3 Å². The lowest BCUT2D eigenvalue weighted by molar-refractivity contribution is -0.147. The van der Waals surface area contributed by atoms with E-state index in [1.165, 1.54) is 4.90 Å². The normalized spacial score (nSPS) is 14.4. The van der Waals surface area contributed by atoms with Crippen molar-refractivity contribution in [2.24, 2.45) is 0 Å². The van der Waals surface area contributed by atoms with E-state index in [9.17, 15) is 22.8 Å². The van der Waals surface area contributed by atoms with Gasteiger partial charge in [0.05, 0.1) is 18.9 Å². The van der Waals surface area contributed by atoms with Gasteiger partial charge in [0.1, 0.15) is 5.69 Å². The number of aromatic carboxylic acids is 1. The molecule has 2 aromatic heterocycles. The van der Waals surface area contributed by atoms with E-state index in [1.807, 2.05) is 0 Å². The molecule has 12 heteroatoms. The summed E-state index contributed by atoms with van der Waals surface area (Å²) in [5.74, 6) is -2.96. The number of carbonyl (C=O) groups is 2. The fraction of sp³-hybridized carbons (Fsp3) is 0.333. The Kier molecular flexibility index (Phi) is 3.66. The second-order valence-electron chi connectivity index (χ2n) is 4.91. The molecule has 2 aromatic rings. The number of hydrogen-bond donors (Lipinski definition) is 1. The van der Waals surface area contributed by atoms with Crippen LogP contribution < -0.4 is 0 Å². The molecule has 0 radical (unpaired) electrons.